The van der Waals surface area contributed by atoms with Gasteiger partial charge in [0.2, 0.25) is 0 Å². The molecule has 0 saturated carbocycles. The third kappa shape index (κ3) is 4.25. The van der Waals surface area contributed by atoms with Crippen molar-refractivity contribution in [1.82, 2.24) is 0 Å². The molecular weight excluding hydrogens is 298 g/mol. The van der Waals surface area contributed by atoms with Gasteiger partial charge in [0.1, 0.15) is 6.04 Å². The van der Waals surface area contributed by atoms with Crippen LogP contribution in [0.15, 0.2) is 61.2 Å². The highest BCUT2D eigenvalue weighted by atomic mass is 16.5. The van der Waals surface area contributed by atoms with Crippen LogP contribution in [-0.4, -0.2) is 18.6 Å². The van der Waals surface area contributed by atoms with Gasteiger partial charge in [0, 0.05) is 11.6 Å². The third-order valence-corrected chi connectivity index (χ3v) is 4.17. The zero-order valence-corrected chi connectivity index (χ0v) is 14.6. The number of aryl methyl sites for hydroxylation is 2. The molecule has 0 aliphatic heterocycles. The number of anilines is 1. The summed E-state index contributed by atoms with van der Waals surface area (Å²) >= 11 is 0. The second-order valence-corrected chi connectivity index (χ2v) is 5.85. The lowest BCUT2D eigenvalue weighted by atomic mass is 9.91. The molecule has 0 unspecified atom stereocenters. The van der Waals surface area contributed by atoms with Crippen molar-refractivity contribution >= 4 is 11.7 Å². The fourth-order valence-corrected chi connectivity index (χ4v) is 2.68. The molecule has 1 N–H and O–H groups in total. The SMILES string of the molecule is C=C[C@H](c1ccccc1)[C@@H](Nc1ccc(C)c(C)c1)C(=O)OCC. The molecule has 0 aliphatic carbocycles. The number of rotatable bonds is 7. The van der Waals surface area contributed by atoms with E-state index in [4.69, 9.17) is 4.74 Å². The Balaban J connectivity index is 2.34. The summed E-state index contributed by atoms with van der Waals surface area (Å²) in [6.07, 6.45) is 1.80. The van der Waals surface area contributed by atoms with Crippen molar-refractivity contribution in [2.24, 2.45) is 0 Å². The van der Waals surface area contributed by atoms with Crippen LogP contribution in [0.5, 0.6) is 0 Å². The molecule has 0 bridgehead atoms. The molecule has 24 heavy (non-hydrogen) atoms. The van der Waals surface area contributed by atoms with Gasteiger partial charge in [-0.25, -0.2) is 4.79 Å². The molecular formula is C21H25NO2. The van der Waals surface area contributed by atoms with Crippen molar-refractivity contribution < 1.29 is 9.53 Å². The predicted molar refractivity (Wildman–Crippen MR) is 99.3 cm³/mol. The number of nitrogens with one attached hydrogen (secondary N) is 1. The zero-order valence-electron chi connectivity index (χ0n) is 14.6. The van der Waals surface area contributed by atoms with Crippen LogP contribution in [0.3, 0.4) is 0 Å². The van der Waals surface area contributed by atoms with Gasteiger partial charge in [-0.05, 0) is 49.6 Å². The smallest absolute Gasteiger partial charge is 0.329 e. The van der Waals surface area contributed by atoms with E-state index in [2.05, 4.69) is 25.7 Å². The molecule has 0 heterocycles. The van der Waals surface area contributed by atoms with Crippen LogP contribution in [0.2, 0.25) is 0 Å². The van der Waals surface area contributed by atoms with Crippen molar-refractivity contribution in [3.05, 3.63) is 77.9 Å². The molecule has 2 atom stereocenters. The lowest BCUT2D eigenvalue weighted by molar-refractivity contribution is -0.144. The minimum absolute atomic E-state index is 0.174. The second-order valence-electron chi connectivity index (χ2n) is 5.85. The second kappa shape index (κ2) is 8.34. The fraction of sp³-hybridized carbons (Fsp3) is 0.286. The molecule has 0 spiro atoms. The van der Waals surface area contributed by atoms with Crippen molar-refractivity contribution in [2.75, 3.05) is 11.9 Å². The Kier molecular flexibility index (Phi) is 6.19. The Morgan fingerprint density at radius 2 is 1.88 bits per heavy atom. The van der Waals surface area contributed by atoms with Crippen molar-refractivity contribution in [2.45, 2.75) is 32.7 Å². The van der Waals surface area contributed by atoms with Crippen LogP contribution in [0.4, 0.5) is 5.69 Å². The van der Waals surface area contributed by atoms with Gasteiger partial charge in [-0.2, -0.15) is 0 Å². The van der Waals surface area contributed by atoms with E-state index in [0.717, 1.165) is 11.3 Å². The highest BCUT2D eigenvalue weighted by Gasteiger charge is 2.28. The highest BCUT2D eigenvalue weighted by Crippen LogP contribution is 2.26. The maximum Gasteiger partial charge on any atom is 0.329 e. The first-order valence-corrected chi connectivity index (χ1v) is 8.24. The Morgan fingerprint density at radius 3 is 2.46 bits per heavy atom. The van der Waals surface area contributed by atoms with E-state index in [1.54, 1.807) is 6.08 Å². The average molecular weight is 323 g/mol. The van der Waals surface area contributed by atoms with Crippen LogP contribution in [0, 0.1) is 13.8 Å². The van der Waals surface area contributed by atoms with E-state index in [-0.39, 0.29) is 11.9 Å². The van der Waals surface area contributed by atoms with E-state index in [1.807, 2.05) is 55.5 Å². The normalized spacial score (nSPS) is 13.0. The number of hydrogen-bond donors (Lipinski definition) is 1. The lowest BCUT2D eigenvalue weighted by Crippen LogP contribution is -2.36. The maximum absolute atomic E-state index is 12.5. The first kappa shape index (κ1) is 17.8. The Bertz CT molecular complexity index is 694. The van der Waals surface area contributed by atoms with E-state index in [0.29, 0.717) is 6.61 Å². The first-order valence-electron chi connectivity index (χ1n) is 8.24. The summed E-state index contributed by atoms with van der Waals surface area (Å²) in [5, 5.41) is 3.34. The molecule has 0 aliphatic rings. The van der Waals surface area contributed by atoms with Gasteiger partial charge in [0.15, 0.2) is 0 Å². The summed E-state index contributed by atoms with van der Waals surface area (Å²) in [5.74, 6) is -0.448. The van der Waals surface area contributed by atoms with E-state index in [9.17, 15) is 4.79 Å². The summed E-state index contributed by atoms with van der Waals surface area (Å²) in [4.78, 5) is 12.5. The predicted octanol–water partition coefficient (Wildman–Crippen LogP) is 4.62. The summed E-state index contributed by atoms with van der Waals surface area (Å²) < 4.78 is 5.29. The average Bonchev–Trinajstić information content (AvgIpc) is 2.59. The summed E-state index contributed by atoms with van der Waals surface area (Å²) in [6.45, 7) is 10.2. The van der Waals surface area contributed by atoms with E-state index >= 15 is 0 Å². The lowest BCUT2D eigenvalue weighted by Gasteiger charge is -2.25. The minimum Gasteiger partial charge on any atom is -0.464 e. The Labute approximate surface area is 144 Å². The molecule has 126 valence electrons. The van der Waals surface area contributed by atoms with Gasteiger partial charge < -0.3 is 10.1 Å². The maximum atomic E-state index is 12.5. The van der Waals surface area contributed by atoms with Crippen molar-refractivity contribution in [3.63, 3.8) is 0 Å². The van der Waals surface area contributed by atoms with Crippen LogP contribution >= 0.6 is 0 Å². The van der Waals surface area contributed by atoms with Crippen molar-refractivity contribution in [3.8, 4) is 0 Å². The van der Waals surface area contributed by atoms with Crippen LogP contribution < -0.4 is 5.32 Å². The number of esters is 1. The summed E-state index contributed by atoms with van der Waals surface area (Å²) in [6, 6.07) is 15.4. The number of ether oxygens (including phenoxy) is 1. The third-order valence-electron chi connectivity index (χ3n) is 4.17. The molecule has 2 aromatic carbocycles. The van der Waals surface area contributed by atoms with Gasteiger partial charge in [-0.15, -0.1) is 6.58 Å². The van der Waals surface area contributed by atoms with Gasteiger partial charge >= 0.3 is 5.97 Å². The fourth-order valence-electron chi connectivity index (χ4n) is 2.68. The largest absolute Gasteiger partial charge is 0.464 e. The van der Waals surface area contributed by atoms with Gasteiger partial charge in [-0.3, -0.25) is 0 Å². The minimum atomic E-state index is -0.521. The number of hydrogen-bond acceptors (Lipinski definition) is 3. The molecule has 0 saturated heterocycles. The van der Waals surface area contributed by atoms with Crippen molar-refractivity contribution in [1.29, 1.82) is 0 Å². The summed E-state index contributed by atoms with van der Waals surface area (Å²) in [5.41, 5.74) is 4.33. The topological polar surface area (TPSA) is 38.3 Å². The Hall–Kier alpha value is -2.55. The highest BCUT2D eigenvalue weighted by molar-refractivity contribution is 5.81. The molecule has 0 amide bonds. The number of carbonyl (C=O) groups excluding carboxylic acids is 1. The molecule has 0 radical (unpaired) electrons. The van der Waals surface area contributed by atoms with Gasteiger partial charge in [-0.1, -0.05) is 42.5 Å². The molecule has 2 aromatic rings. The van der Waals surface area contributed by atoms with Crippen LogP contribution in [0.25, 0.3) is 0 Å². The zero-order chi connectivity index (χ0) is 17.5. The molecule has 3 heteroatoms. The standard InChI is InChI=1S/C21H25NO2/c1-5-19(17-10-8-7-9-11-17)20(21(23)24-6-2)22-18-13-12-15(3)16(4)14-18/h5,7-14,19-20,22H,1,6H2,2-4H3/t19-,20-/m1/s1. The monoisotopic (exact) mass is 323 g/mol. The number of carbonyl (C=O) groups is 1. The van der Waals surface area contributed by atoms with Gasteiger partial charge in [0.05, 0.1) is 6.61 Å². The molecule has 3 nitrogen and oxygen atoms in total. The van der Waals surface area contributed by atoms with E-state index in [1.165, 1.54) is 11.1 Å². The molecule has 2 rings (SSSR count). The molecule has 0 fully saturated rings. The van der Waals surface area contributed by atoms with Crippen LogP contribution in [0.1, 0.15) is 29.5 Å². The molecule has 0 aromatic heterocycles. The first-order chi connectivity index (χ1) is 11.6. The Morgan fingerprint density at radius 1 is 1.17 bits per heavy atom. The summed E-state index contributed by atoms with van der Waals surface area (Å²) in [7, 11) is 0. The quantitative estimate of drug-likeness (QED) is 0.597. The van der Waals surface area contributed by atoms with E-state index < -0.39 is 6.04 Å². The number of benzene rings is 2. The van der Waals surface area contributed by atoms with Crippen LogP contribution in [-0.2, 0) is 9.53 Å². The van der Waals surface area contributed by atoms with Gasteiger partial charge in [0.25, 0.3) is 0 Å².